The largest absolute Gasteiger partial charge is 0.502 e. The molecule has 9 nitrogen and oxygen atoms in total. The van der Waals surface area contributed by atoms with E-state index in [4.69, 9.17) is 25.5 Å². The van der Waals surface area contributed by atoms with E-state index in [1.54, 1.807) is 18.2 Å². The summed E-state index contributed by atoms with van der Waals surface area (Å²) in [6, 6.07) is 8.92. The zero-order chi connectivity index (χ0) is 20.3. The lowest BCUT2D eigenvalue weighted by Gasteiger charge is -2.09. The van der Waals surface area contributed by atoms with Crippen molar-refractivity contribution in [3.8, 4) is 28.7 Å². The minimum Gasteiger partial charge on any atom is -0.502 e. The number of non-ortho nitro benzene ring substituents is 1. The number of rotatable bonds is 6. The molecule has 0 aliphatic carbocycles. The summed E-state index contributed by atoms with van der Waals surface area (Å²) in [5.41, 5.74) is 0.860. The summed E-state index contributed by atoms with van der Waals surface area (Å²) in [4.78, 5) is 10.4. The van der Waals surface area contributed by atoms with Gasteiger partial charge in [-0.05, 0) is 29.8 Å². The number of nitro groups is 1. The zero-order valence-corrected chi connectivity index (χ0v) is 15.5. The molecule has 10 heteroatoms. The van der Waals surface area contributed by atoms with Crippen LogP contribution in [0.5, 0.6) is 17.2 Å². The molecule has 0 radical (unpaired) electrons. The summed E-state index contributed by atoms with van der Waals surface area (Å²) < 4.78 is 15.7. The molecule has 1 heterocycles. The molecule has 0 bridgehead atoms. The maximum Gasteiger partial charge on any atom is 0.270 e. The van der Waals surface area contributed by atoms with Gasteiger partial charge < -0.3 is 19.0 Å². The molecule has 28 heavy (non-hydrogen) atoms. The SMILES string of the molecule is COc1cc(/C=C(\Cl)c2nnc(-c3cccc([N+](=O)[O-])c3)o2)cc(OC)c1O. The Kier molecular flexibility index (Phi) is 5.46. The number of halogens is 1. The van der Waals surface area contributed by atoms with Gasteiger partial charge in [-0.1, -0.05) is 17.7 Å². The summed E-state index contributed by atoms with van der Waals surface area (Å²) in [5.74, 6) is 0.389. The van der Waals surface area contributed by atoms with Gasteiger partial charge >= 0.3 is 0 Å². The summed E-state index contributed by atoms with van der Waals surface area (Å²) in [6.07, 6.45) is 1.52. The average Bonchev–Trinajstić information content (AvgIpc) is 3.19. The Morgan fingerprint density at radius 2 is 1.89 bits per heavy atom. The summed E-state index contributed by atoms with van der Waals surface area (Å²) in [7, 11) is 2.82. The van der Waals surface area contributed by atoms with E-state index in [9.17, 15) is 15.2 Å². The number of aromatic hydroxyl groups is 1. The molecule has 0 aliphatic rings. The van der Waals surface area contributed by atoms with Gasteiger partial charge in [0.2, 0.25) is 11.6 Å². The van der Waals surface area contributed by atoms with Crippen LogP contribution in [0.1, 0.15) is 11.5 Å². The summed E-state index contributed by atoms with van der Waals surface area (Å²) in [5, 5.41) is 28.7. The first-order chi connectivity index (χ1) is 13.4. The second-order valence-electron chi connectivity index (χ2n) is 5.49. The third kappa shape index (κ3) is 3.89. The fourth-order valence-electron chi connectivity index (χ4n) is 2.39. The van der Waals surface area contributed by atoms with E-state index in [2.05, 4.69) is 10.2 Å². The molecule has 3 rings (SSSR count). The van der Waals surface area contributed by atoms with Gasteiger partial charge in [-0.25, -0.2) is 0 Å². The number of phenolic OH excluding ortho intramolecular Hbond substituents is 1. The molecular formula is C18H14ClN3O6. The zero-order valence-electron chi connectivity index (χ0n) is 14.7. The monoisotopic (exact) mass is 403 g/mol. The quantitative estimate of drug-likeness (QED) is 0.482. The van der Waals surface area contributed by atoms with E-state index >= 15 is 0 Å². The molecule has 1 aromatic heterocycles. The highest BCUT2D eigenvalue weighted by Gasteiger charge is 2.15. The van der Waals surface area contributed by atoms with Gasteiger partial charge in [-0.3, -0.25) is 10.1 Å². The van der Waals surface area contributed by atoms with Gasteiger partial charge in [0, 0.05) is 17.7 Å². The van der Waals surface area contributed by atoms with Crippen LogP contribution in [-0.4, -0.2) is 34.4 Å². The van der Waals surface area contributed by atoms with Gasteiger partial charge in [-0.15, -0.1) is 10.2 Å². The highest BCUT2D eigenvalue weighted by atomic mass is 35.5. The fraction of sp³-hybridized carbons (Fsp3) is 0.111. The number of hydrogen-bond donors (Lipinski definition) is 1. The first kappa shape index (κ1) is 19.2. The molecule has 0 unspecified atom stereocenters. The Balaban J connectivity index is 1.93. The lowest BCUT2D eigenvalue weighted by Crippen LogP contribution is -1.90. The van der Waals surface area contributed by atoms with E-state index in [0.29, 0.717) is 11.1 Å². The molecule has 0 atom stereocenters. The van der Waals surface area contributed by atoms with E-state index in [0.717, 1.165) is 0 Å². The maximum atomic E-state index is 10.9. The lowest BCUT2D eigenvalue weighted by molar-refractivity contribution is -0.384. The summed E-state index contributed by atoms with van der Waals surface area (Å²) in [6.45, 7) is 0. The van der Waals surface area contributed by atoms with Crippen LogP contribution in [0.2, 0.25) is 0 Å². The van der Waals surface area contributed by atoms with E-state index < -0.39 is 4.92 Å². The maximum absolute atomic E-state index is 10.9. The number of benzene rings is 2. The topological polar surface area (TPSA) is 121 Å². The predicted molar refractivity (Wildman–Crippen MR) is 101 cm³/mol. The van der Waals surface area contributed by atoms with Crippen molar-refractivity contribution in [3.05, 3.63) is 58.0 Å². The first-order valence-corrected chi connectivity index (χ1v) is 8.21. The molecule has 3 aromatic rings. The van der Waals surface area contributed by atoms with Gasteiger partial charge in [-0.2, -0.15) is 0 Å². The average molecular weight is 404 g/mol. The number of nitrogens with zero attached hydrogens (tertiary/aromatic N) is 3. The molecule has 0 fully saturated rings. The lowest BCUT2D eigenvalue weighted by atomic mass is 10.1. The van der Waals surface area contributed by atoms with Gasteiger partial charge in [0.15, 0.2) is 11.5 Å². The predicted octanol–water partition coefficient (Wildman–Crippen LogP) is 4.10. The Labute approximate surface area is 163 Å². The molecule has 0 saturated heterocycles. The normalized spacial score (nSPS) is 11.3. The molecule has 0 spiro atoms. The van der Waals surface area contributed by atoms with Crippen LogP contribution in [-0.2, 0) is 0 Å². The Bertz CT molecular complexity index is 1040. The van der Waals surface area contributed by atoms with Crippen LogP contribution in [0.15, 0.2) is 40.8 Å². The van der Waals surface area contributed by atoms with E-state index in [1.165, 1.54) is 38.5 Å². The van der Waals surface area contributed by atoms with Crippen molar-refractivity contribution in [1.29, 1.82) is 0 Å². The number of nitro benzene ring substituents is 1. The van der Waals surface area contributed by atoms with Gasteiger partial charge in [0.1, 0.15) is 5.03 Å². The third-order valence-corrected chi connectivity index (χ3v) is 4.00. The second kappa shape index (κ2) is 7.97. The number of methoxy groups -OCH3 is 2. The fourth-order valence-corrected chi connectivity index (χ4v) is 2.60. The van der Waals surface area contributed by atoms with Crippen molar-refractivity contribution < 1.29 is 23.9 Å². The van der Waals surface area contributed by atoms with Crippen LogP contribution >= 0.6 is 11.6 Å². The minimum atomic E-state index is -0.515. The van der Waals surface area contributed by atoms with Crippen LogP contribution in [0, 0.1) is 10.1 Å². The second-order valence-corrected chi connectivity index (χ2v) is 5.89. The van der Waals surface area contributed by atoms with Crippen LogP contribution < -0.4 is 9.47 Å². The minimum absolute atomic E-state index is 0.0224. The summed E-state index contributed by atoms with van der Waals surface area (Å²) >= 11 is 6.27. The molecule has 144 valence electrons. The molecule has 2 aromatic carbocycles. The molecule has 1 N–H and O–H groups in total. The van der Waals surface area contributed by atoms with Gasteiger partial charge in [0.25, 0.3) is 11.6 Å². The van der Waals surface area contributed by atoms with Crippen molar-refractivity contribution in [3.63, 3.8) is 0 Å². The van der Waals surface area contributed by atoms with Crippen molar-refractivity contribution in [2.45, 2.75) is 0 Å². The molecule has 0 aliphatic heterocycles. The van der Waals surface area contributed by atoms with Crippen LogP contribution in [0.3, 0.4) is 0 Å². The molecular weight excluding hydrogens is 390 g/mol. The number of aromatic nitrogens is 2. The Morgan fingerprint density at radius 1 is 1.21 bits per heavy atom. The number of phenols is 1. The Hall–Kier alpha value is -3.59. The number of ether oxygens (including phenoxy) is 2. The van der Waals surface area contributed by atoms with Crippen molar-refractivity contribution in [2.24, 2.45) is 0 Å². The van der Waals surface area contributed by atoms with Gasteiger partial charge in [0.05, 0.1) is 19.1 Å². The van der Waals surface area contributed by atoms with Crippen molar-refractivity contribution >= 4 is 28.4 Å². The smallest absolute Gasteiger partial charge is 0.270 e. The van der Waals surface area contributed by atoms with Crippen LogP contribution in [0.25, 0.3) is 22.6 Å². The highest BCUT2D eigenvalue weighted by Crippen LogP contribution is 2.38. The highest BCUT2D eigenvalue weighted by molar-refractivity contribution is 6.50. The van der Waals surface area contributed by atoms with Crippen molar-refractivity contribution in [1.82, 2.24) is 10.2 Å². The van der Waals surface area contributed by atoms with E-state index in [-0.39, 0.29) is 39.7 Å². The molecule has 0 saturated carbocycles. The van der Waals surface area contributed by atoms with Crippen LogP contribution in [0.4, 0.5) is 5.69 Å². The standard InChI is InChI=1S/C18H14ClN3O6/c1-26-14-7-10(8-15(27-2)16(14)23)6-13(19)18-21-20-17(28-18)11-4-3-5-12(9-11)22(24)25/h3-9,23H,1-2H3/b13-6-. The van der Waals surface area contributed by atoms with Crippen molar-refractivity contribution in [2.75, 3.05) is 14.2 Å². The van der Waals surface area contributed by atoms with E-state index in [1.807, 2.05) is 0 Å². The third-order valence-electron chi connectivity index (χ3n) is 3.73. The Morgan fingerprint density at radius 3 is 2.50 bits per heavy atom. The molecule has 0 amide bonds. The number of hydrogen-bond acceptors (Lipinski definition) is 8. The first-order valence-electron chi connectivity index (χ1n) is 7.83.